The number of benzene rings is 2. The maximum absolute atomic E-state index is 12.9. The maximum atomic E-state index is 12.9. The van der Waals surface area contributed by atoms with Crippen LogP contribution in [0, 0.1) is 0 Å². The predicted molar refractivity (Wildman–Crippen MR) is 121 cm³/mol. The second kappa shape index (κ2) is 9.31. The van der Waals surface area contributed by atoms with Crippen LogP contribution in [-0.2, 0) is 16.6 Å². The SMILES string of the molecule is O=C(Nc1cccc(S(=O)(=O)NCc2ccco2)c1)c1ccccc1C(=O)c1cccs1. The number of amides is 1. The van der Waals surface area contributed by atoms with Crippen LogP contribution in [0.1, 0.15) is 31.4 Å². The van der Waals surface area contributed by atoms with Crippen molar-refractivity contribution in [1.29, 1.82) is 0 Å². The molecular weight excluding hydrogens is 448 g/mol. The van der Waals surface area contributed by atoms with Crippen LogP contribution in [0.3, 0.4) is 0 Å². The minimum Gasteiger partial charge on any atom is -0.468 e. The predicted octanol–water partition coefficient (Wildman–Crippen LogP) is 4.30. The summed E-state index contributed by atoms with van der Waals surface area (Å²) < 4.78 is 32.8. The Balaban J connectivity index is 1.53. The highest BCUT2D eigenvalue weighted by Gasteiger charge is 2.20. The molecule has 162 valence electrons. The molecule has 0 saturated carbocycles. The smallest absolute Gasteiger partial charge is 0.256 e. The molecule has 2 heterocycles. The number of thiophene rings is 1. The molecule has 0 unspecified atom stereocenters. The zero-order valence-electron chi connectivity index (χ0n) is 16.6. The molecule has 0 aliphatic rings. The molecule has 4 aromatic rings. The van der Waals surface area contributed by atoms with E-state index in [0.717, 1.165) is 0 Å². The van der Waals surface area contributed by atoms with Crippen molar-refractivity contribution in [3.63, 3.8) is 0 Å². The van der Waals surface area contributed by atoms with Crippen molar-refractivity contribution in [2.24, 2.45) is 0 Å². The molecule has 0 saturated heterocycles. The molecule has 0 aliphatic heterocycles. The first kappa shape index (κ1) is 21.7. The fraction of sp³-hybridized carbons (Fsp3) is 0.0435. The lowest BCUT2D eigenvalue weighted by atomic mass is 10.0. The first-order valence-corrected chi connectivity index (χ1v) is 11.9. The average Bonchev–Trinajstić information content (AvgIpc) is 3.52. The van der Waals surface area contributed by atoms with E-state index in [4.69, 9.17) is 4.42 Å². The normalized spacial score (nSPS) is 11.2. The largest absolute Gasteiger partial charge is 0.468 e. The Kier molecular flexibility index (Phi) is 6.31. The summed E-state index contributed by atoms with van der Waals surface area (Å²) in [5.41, 5.74) is 0.765. The van der Waals surface area contributed by atoms with E-state index in [9.17, 15) is 18.0 Å². The van der Waals surface area contributed by atoms with Gasteiger partial charge in [0, 0.05) is 11.3 Å². The van der Waals surface area contributed by atoms with Crippen LogP contribution in [-0.4, -0.2) is 20.1 Å². The highest BCUT2D eigenvalue weighted by Crippen LogP contribution is 2.21. The lowest BCUT2D eigenvalue weighted by molar-refractivity contribution is 0.0998. The Morgan fingerprint density at radius 3 is 2.44 bits per heavy atom. The summed E-state index contributed by atoms with van der Waals surface area (Å²) >= 11 is 1.30. The van der Waals surface area contributed by atoms with E-state index in [1.54, 1.807) is 60.0 Å². The van der Waals surface area contributed by atoms with Gasteiger partial charge in [-0.05, 0) is 47.8 Å². The van der Waals surface area contributed by atoms with E-state index in [0.29, 0.717) is 10.6 Å². The van der Waals surface area contributed by atoms with Gasteiger partial charge in [-0.3, -0.25) is 9.59 Å². The molecule has 7 nitrogen and oxygen atoms in total. The molecule has 2 N–H and O–H groups in total. The molecule has 2 aromatic carbocycles. The topological polar surface area (TPSA) is 105 Å². The van der Waals surface area contributed by atoms with Crippen LogP contribution in [0.15, 0.2) is 93.8 Å². The lowest BCUT2D eigenvalue weighted by Crippen LogP contribution is -2.23. The zero-order chi connectivity index (χ0) is 22.6. The number of nitrogens with one attached hydrogen (secondary N) is 2. The Morgan fingerprint density at radius 1 is 0.906 bits per heavy atom. The third-order valence-electron chi connectivity index (χ3n) is 4.58. The van der Waals surface area contributed by atoms with Crippen LogP contribution < -0.4 is 10.0 Å². The first-order valence-electron chi connectivity index (χ1n) is 9.55. The van der Waals surface area contributed by atoms with Crippen LogP contribution >= 0.6 is 11.3 Å². The van der Waals surface area contributed by atoms with Gasteiger partial charge in [0.25, 0.3) is 5.91 Å². The molecule has 0 atom stereocenters. The number of carbonyl (C=O) groups excluding carboxylic acids is 2. The Hall–Kier alpha value is -3.53. The van der Waals surface area contributed by atoms with Gasteiger partial charge in [-0.25, -0.2) is 13.1 Å². The van der Waals surface area contributed by atoms with Gasteiger partial charge in [-0.1, -0.05) is 30.3 Å². The summed E-state index contributed by atoms with van der Waals surface area (Å²) in [6, 6.07) is 19.2. The number of hydrogen-bond acceptors (Lipinski definition) is 6. The number of hydrogen-bond donors (Lipinski definition) is 2. The molecule has 0 bridgehead atoms. The van der Waals surface area contributed by atoms with Crippen LogP contribution in [0.5, 0.6) is 0 Å². The van der Waals surface area contributed by atoms with Crippen LogP contribution in [0.25, 0.3) is 0 Å². The van der Waals surface area contributed by atoms with Crippen molar-refractivity contribution in [2.45, 2.75) is 11.4 Å². The zero-order valence-corrected chi connectivity index (χ0v) is 18.3. The number of ketones is 1. The van der Waals surface area contributed by atoms with Gasteiger partial charge in [-0.15, -0.1) is 11.3 Å². The highest BCUT2D eigenvalue weighted by molar-refractivity contribution is 7.89. The van der Waals surface area contributed by atoms with Crippen LogP contribution in [0.2, 0.25) is 0 Å². The van der Waals surface area contributed by atoms with Gasteiger partial charge in [0.05, 0.1) is 28.1 Å². The summed E-state index contributed by atoms with van der Waals surface area (Å²) in [6.45, 7) is 0.00409. The van der Waals surface area contributed by atoms with Gasteiger partial charge in [0.1, 0.15) is 5.76 Å². The Labute approximate surface area is 188 Å². The Morgan fingerprint density at radius 2 is 1.72 bits per heavy atom. The van der Waals surface area contributed by atoms with E-state index < -0.39 is 15.9 Å². The number of furan rings is 1. The van der Waals surface area contributed by atoms with E-state index in [2.05, 4.69) is 10.0 Å². The van der Waals surface area contributed by atoms with Gasteiger partial charge in [-0.2, -0.15) is 0 Å². The van der Waals surface area contributed by atoms with Crippen molar-refractivity contribution < 1.29 is 22.4 Å². The minimum absolute atomic E-state index is 0.00409. The fourth-order valence-corrected chi connectivity index (χ4v) is 4.74. The quantitative estimate of drug-likeness (QED) is 0.377. The molecular formula is C23H18N2O5S2. The summed E-state index contributed by atoms with van der Waals surface area (Å²) in [5.74, 6) is -0.280. The third kappa shape index (κ3) is 4.86. The molecule has 0 spiro atoms. The van der Waals surface area contributed by atoms with E-state index in [-0.39, 0.29) is 34.0 Å². The van der Waals surface area contributed by atoms with Gasteiger partial charge >= 0.3 is 0 Å². The van der Waals surface area contributed by atoms with Crippen molar-refractivity contribution in [1.82, 2.24) is 4.72 Å². The number of sulfonamides is 1. The van der Waals surface area contributed by atoms with E-state index in [1.807, 2.05) is 0 Å². The van der Waals surface area contributed by atoms with Crippen LogP contribution in [0.4, 0.5) is 5.69 Å². The summed E-state index contributed by atoms with van der Waals surface area (Å²) in [5, 5.41) is 4.48. The standard InChI is InChI=1S/C23H18N2O5S2/c26-22(21-11-5-13-31-21)19-9-1-2-10-20(19)23(27)25-16-6-3-8-18(14-16)32(28,29)24-15-17-7-4-12-30-17/h1-14,24H,15H2,(H,25,27). The maximum Gasteiger partial charge on any atom is 0.256 e. The highest BCUT2D eigenvalue weighted by atomic mass is 32.2. The third-order valence-corrected chi connectivity index (χ3v) is 6.85. The molecule has 9 heteroatoms. The van der Waals surface area contributed by atoms with Gasteiger partial charge < -0.3 is 9.73 Å². The number of anilines is 1. The monoisotopic (exact) mass is 466 g/mol. The second-order valence-corrected chi connectivity index (χ2v) is 9.45. The number of carbonyl (C=O) groups is 2. The first-order chi connectivity index (χ1) is 15.4. The number of rotatable bonds is 8. The summed E-state index contributed by atoms with van der Waals surface area (Å²) in [7, 11) is -3.82. The fourth-order valence-electron chi connectivity index (χ4n) is 3.02. The Bertz CT molecular complexity index is 1340. The van der Waals surface area contributed by atoms with Crippen molar-refractivity contribution in [2.75, 3.05) is 5.32 Å². The molecule has 2 aromatic heterocycles. The molecule has 1 amide bonds. The van der Waals surface area contributed by atoms with Crippen molar-refractivity contribution in [3.05, 3.63) is 106 Å². The van der Waals surface area contributed by atoms with Crippen molar-refractivity contribution >= 4 is 38.7 Å². The molecule has 0 fully saturated rings. The lowest BCUT2D eigenvalue weighted by Gasteiger charge is -2.11. The average molecular weight is 467 g/mol. The molecule has 0 aliphatic carbocycles. The van der Waals surface area contributed by atoms with Crippen molar-refractivity contribution in [3.8, 4) is 0 Å². The van der Waals surface area contributed by atoms with E-state index in [1.165, 1.54) is 35.8 Å². The second-order valence-electron chi connectivity index (χ2n) is 6.74. The van der Waals surface area contributed by atoms with Gasteiger partial charge in [0.2, 0.25) is 15.8 Å². The minimum atomic E-state index is -3.82. The molecule has 4 rings (SSSR count). The summed E-state index contributed by atoms with van der Waals surface area (Å²) in [6.07, 6.45) is 1.46. The van der Waals surface area contributed by atoms with Gasteiger partial charge in [0.15, 0.2) is 0 Å². The molecule has 32 heavy (non-hydrogen) atoms. The molecule has 0 radical (unpaired) electrons. The summed E-state index contributed by atoms with van der Waals surface area (Å²) in [4.78, 5) is 26.2. The van der Waals surface area contributed by atoms with E-state index >= 15 is 0 Å².